The Morgan fingerprint density at radius 2 is 1.79 bits per heavy atom. The minimum absolute atomic E-state index is 0.0336. The molecule has 0 radical (unpaired) electrons. The molecule has 0 bridgehead atoms. The molecule has 4 heteroatoms. The number of rotatable bonds is 6. The number of hydrogen-bond donors (Lipinski definition) is 1. The van der Waals surface area contributed by atoms with Crippen molar-refractivity contribution in [2.24, 2.45) is 0 Å². The summed E-state index contributed by atoms with van der Waals surface area (Å²) >= 11 is 1.72. The molecule has 1 atom stereocenters. The second-order valence-corrected chi connectivity index (χ2v) is 7.27. The van der Waals surface area contributed by atoms with Crippen molar-refractivity contribution in [2.75, 3.05) is 0 Å². The van der Waals surface area contributed by atoms with E-state index < -0.39 is 0 Å². The van der Waals surface area contributed by atoms with E-state index in [1.54, 1.807) is 11.8 Å². The molecule has 0 saturated carbocycles. The van der Waals surface area contributed by atoms with Crippen LogP contribution in [0, 0.1) is 6.92 Å². The maximum absolute atomic E-state index is 9.44. The molecule has 1 aromatic heterocycles. The van der Waals surface area contributed by atoms with Crippen molar-refractivity contribution >= 4 is 11.8 Å². The van der Waals surface area contributed by atoms with Crippen LogP contribution < -0.4 is 0 Å². The number of aliphatic hydroxyl groups is 1. The van der Waals surface area contributed by atoms with E-state index in [1.807, 2.05) is 12.3 Å². The Morgan fingerprint density at radius 1 is 1.08 bits per heavy atom. The number of hydrogen-bond acceptors (Lipinski definition) is 3. The highest BCUT2D eigenvalue weighted by Gasteiger charge is 2.14. The van der Waals surface area contributed by atoms with Crippen LogP contribution in [0.2, 0.25) is 0 Å². The van der Waals surface area contributed by atoms with Gasteiger partial charge in [0.2, 0.25) is 0 Å². The van der Waals surface area contributed by atoms with Crippen molar-refractivity contribution in [3.63, 3.8) is 0 Å². The van der Waals surface area contributed by atoms with Crippen LogP contribution in [0.25, 0.3) is 0 Å². The average Bonchev–Trinajstić information content (AvgIpc) is 2.99. The summed E-state index contributed by atoms with van der Waals surface area (Å²) in [6.45, 7) is 5.00. The lowest BCUT2D eigenvalue weighted by Crippen LogP contribution is -2.01. The van der Waals surface area contributed by atoms with Gasteiger partial charge in [-0.05, 0) is 25.0 Å². The zero-order chi connectivity index (χ0) is 16.9. The summed E-state index contributed by atoms with van der Waals surface area (Å²) in [5.41, 5.74) is 4.48. The standard InChI is InChI=1S/C20H22N2OS/c1-15-8-10-17(11-9-15)12-22-13-19(14-23)21-20(22)24-16(2)18-6-4-3-5-7-18/h3-11,13,16,23H,12,14H2,1-2H3/t16-/m1/s1. The van der Waals surface area contributed by atoms with E-state index in [4.69, 9.17) is 0 Å². The minimum atomic E-state index is -0.0336. The monoisotopic (exact) mass is 338 g/mol. The summed E-state index contributed by atoms with van der Waals surface area (Å²) < 4.78 is 2.13. The summed E-state index contributed by atoms with van der Waals surface area (Å²) in [5.74, 6) is 0. The van der Waals surface area contributed by atoms with Gasteiger partial charge in [0.1, 0.15) is 0 Å². The first kappa shape index (κ1) is 16.8. The predicted octanol–water partition coefficient (Wildman–Crippen LogP) is 4.59. The van der Waals surface area contributed by atoms with Crippen molar-refractivity contribution in [1.29, 1.82) is 0 Å². The smallest absolute Gasteiger partial charge is 0.169 e. The number of aromatic nitrogens is 2. The van der Waals surface area contributed by atoms with Gasteiger partial charge in [0.15, 0.2) is 5.16 Å². The quantitative estimate of drug-likeness (QED) is 0.668. The van der Waals surface area contributed by atoms with Crippen LogP contribution >= 0.6 is 11.8 Å². The molecule has 0 aliphatic heterocycles. The molecule has 0 spiro atoms. The lowest BCUT2D eigenvalue weighted by Gasteiger charge is -2.13. The molecule has 0 aliphatic carbocycles. The van der Waals surface area contributed by atoms with E-state index in [9.17, 15) is 5.11 Å². The fourth-order valence-electron chi connectivity index (χ4n) is 2.57. The number of thioether (sulfide) groups is 1. The summed E-state index contributed by atoms with van der Waals surface area (Å²) in [6.07, 6.45) is 1.94. The molecule has 0 aliphatic rings. The highest BCUT2D eigenvalue weighted by atomic mass is 32.2. The SMILES string of the molecule is Cc1ccc(Cn2cc(CO)nc2S[C@H](C)c2ccccc2)cc1. The second kappa shape index (κ2) is 7.69. The lowest BCUT2D eigenvalue weighted by molar-refractivity contribution is 0.277. The number of aliphatic hydroxyl groups excluding tert-OH is 1. The predicted molar refractivity (Wildman–Crippen MR) is 99.1 cm³/mol. The Hall–Kier alpha value is -2.04. The number of imidazole rings is 1. The largest absolute Gasteiger partial charge is 0.390 e. The second-order valence-electron chi connectivity index (χ2n) is 5.96. The van der Waals surface area contributed by atoms with Gasteiger partial charge < -0.3 is 9.67 Å². The zero-order valence-electron chi connectivity index (χ0n) is 14.0. The van der Waals surface area contributed by atoms with Crippen LogP contribution in [-0.2, 0) is 13.2 Å². The Bertz CT molecular complexity index is 781. The van der Waals surface area contributed by atoms with E-state index >= 15 is 0 Å². The Balaban J connectivity index is 1.82. The molecule has 24 heavy (non-hydrogen) atoms. The van der Waals surface area contributed by atoms with Crippen LogP contribution in [0.15, 0.2) is 66.0 Å². The summed E-state index contributed by atoms with van der Waals surface area (Å²) in [5, 5.41) is 10.7. The topological polar surface area (TPSA) is 38.0 Å². The first-order valence-corrected chi connectivity index (χ1v) is 8.97. The number of benzene rings is 2. The minimum Gasteiger partial charge on any atom is -0.390 e. The molecular formula is C20H22N2OS. The van der Waals surface area contributed by atoms with Crippen LogP contribution in [0.5, 0.6) is 0 Å². The fourth-order valence-corrected chi connectivity index (χ4v) is 3.61. The van der Waals surface area contributed by atoms with Crippen molar-refractivity contribution in [2.45, 2.75) is 37.4 Å². The van der Waals surface area contributed by atoms with Gasteiger partial charge in [0.05, 0.1) is 12.3 Å². The van der Waals surface area contributed by atoms with Gasteiger partial charge in [-0.1, -0.05) is 71.9 Å². The average molecular weight is 338 g/mol. The fraction of sp³-hybridized carbons (Fsp3) is 0.250. The zero-order valence-corrected chi connectivity index (χ0v) is 14.8. The lowest BCUT2D eigenvalue weighted by atomic mass is 10.1. The molecule has 1 N–H and O–H groups in total. The highest BCUT2D eigenvalue weighted by molar-refractivity contribution is 7.99. The van der Waals surface area contributed by atoms with Crippen molar-refractivity contribution in [1.82, 2.24) is 9.55 Å². The molecule has 0 saturated heterocycles. The molecule has 2 aromatic carbocycles. The van der Waals surface area contributed by atoms with Crippen molar-refractivity contribution in [3.05, 3.63) is 83.2 Å². The maximum Gasteiger partial charge on any atom is 0.169 e. The first-order chi connectivity index (χ1) is 11.7. The van der Waals surface area contributed by atoms with Gasteiger partial charge in [0.25, 0.3) is 0 Å². The maximum atomic E-state index is 9.44. The van der Waals surface area contributed by atoms with Crippen molar-refractivity contribution in [3.8, 4) is 0 Å². The van der Waals surface area contributed by atoms with Gasteiger partial charge in [-0.2, -0.15) is 0 Å². The molecule has 124 valence electrons. The molecular weight excluding hydrogens is 316 g/mol. The Labute approximate surface area is 147 Å². The summed E-state index contributed by atoms with van der Waals surface area (Å²) in [4.78, 5) is 4.58. The normalized spacial score (nSPS) is 12.3. The number of nitrogens with zero attached hydrogens (tertiary/aromatic N) is 2. The highest BCUT2D eigenvalue weighted by Crippen LogP contribution is 2.34. The van der Waals surface area contributed by atoms with Gasteiger partial charge in [0, 0.05) is 18.0 Å². The van der Waals surface area contributed by atoms with E-state index in [1.165, 1.54) is 16.7 Å². The third-order valence-electron chi connectivity index (χ3n) is 3.98. The van der Waals surface area contributed by atoms with Crippen LogP contribution in [0.1, 0.15) is 34.6 Å². The van der Waals surface area contributed by atoms with Crippen LogP contribution in [0.4, 0.5) is 0 Å². The van der Waals surface area contributed by atoms with E-state index in [0.717, 1.165) is 11.7 Å². The third kappa shape index (κ3) is 4.08. The van der Waals surface area contributed by atoms with Gasteiger partial charge in [-0.15, -0.1) is 0 Å². The Morgan fingerprint density at radius 3 is 2.46 bits per heavy atom. The van der Waals surface area contributed by atoms with Gasteiger partial charge in [-0.3, -0.25) is 0 Å². The molecule has 3 rings (SSSR count). The number of aryl methyl sites for hydroxylation is 1. The Kier molecular flexibility index (Phi) is 5.38. The van der Waals surface area contributed by atoms with Gasteiger partial charge >= 0.3 is 0 Å². The molecule has 1 heterocycles. The van der Waals surface area contributed by atoms with E-state index in [2.05, 4.69) is 71.9 Å². The summed E-state index contributed by atoms with van der Waals surface area (Å²) in [6, 6.07) is 19.0. The third-order valence-corrected chi connectivity index (χ3v) is 5.14. The van der Waals surface area contributed by atoms with Crippen molar-refractivity contribution < 1.29 is 5.11 Å². The molecule has 3 aromatic rings. The van der Waals surface area contributed by atoms with E-state index in [-0.39, 0.29) is 6.61 Å². The first-order valence-electron chi connectivity index (χ1n) is 8.10. The summed E-state index contributed by atoms with van der Waals surface area (Å²) in [7, 11) is 0. The van der Waals surface area contributed by atoms with E-state index in [0.29, 0.717) is 10.9 Å². The molecule has 0 amide bonds. The molecule has 0 fully saturated rings. The molecule has 0 unspecified atom stereocenters. The van der Waals surface area contributed by atoms with Gasteiger partial charge in [-0.25, -0.2) is 4.98 Å². The van der Waals surface area contributed by atoms with Crippen LogP contribution in [-0.4, -0.2) is 14.7 Å². The molecule has 3 nitrogen and oxygen atoms in total. The van der Waals surface area contributed by atoms with Crippen LogP contribution in [0.3, 0.4) is 0 Å².